The zero-order valence-electron chi connectivity index (χ0n) is 13.0. The van der Waals surface area contributed by atoms with Gasteiger partial charge in [-0.2, -0.15) is 9.49 Å². The third-order valence-electron chi connectivity index (χ3n) is 3.87. The van der Waals surface area contributed by atoms with Crippen LogP contribution in [0.4, 0.5) is 4.39 Å². The smallest absolute Gasteiger partial charge is 0.214 e. The number of hydrogen-bond donors (Lipinski definition) is 0. The van der Waals surface area contributed by atoms with E-state index in [1.165, 1.54) is 6.07 Å². The van der Waals surface area contributed by atoms with E-state index >= 15 is 0 Å². The Balaban J connectivity index is 1.87. The van der Waals surface area contributed by atoms with Crippen LogP contribution in [0.25, 0.3) is 28.0 Å². The Hall–Kier alpha value is -3.15. The molecule has 0 aliphatic carbocycles. The lowest BCUT2D eigenvalue weighted by Gasteiger charge is -2.05. The number of halogens is 1. The third kappa shape index (κ3) is 2.52. The van der Waals surface area contributed by atoms with Crippen molar-refractivity contribution in [2.75, 3.05) is 0 Å². The first-order chi connectivity index (χ1) is 11.7. The van der Waals surface area contributed by atoms with E-state index in [-0.39, 0.29) is 0 Å². The molecule has 6 heteroatoms. The second-order valence-corrected chi connectivity index (χ2v) is 5.44. The first kappa shape index (κ1) is 14.4. The summed E-state index contributed by atoms with van der Waals surface area (Å²) < 4.78 is 15.0. The van der Waals surface area contributed by atoms with E-state index < -0.39 is 5.95 Å². The molecule has 24 heavy (non-hydrogen) atoms. The fraction of sp³-hybridized carbons (Fsp3) is 0.111. The molecule has 0 spiro atoms. The van der Waals surface area contributed by atoms with E-state index in [1.54, 1.807) is 35.4 Å². The number of aryl methyl sites for hydroxylation is 1. The zero-order valence-corrected chi connectivity index (χ0v) is 13.0. The monoisotopic (exact) mass is 319 g/mol. The molecule has 4 aromatic rings. The largest absolute Gasteiger partial charge is 0.264 e. The summed E-state index contributed by atoms with van der Waals surface area (Å²) >= 11 is 0. The first-order valence-corrected chi connectivity index (χ1v) is 7.65. The van der Waals surface area contributed by atoms with E-state index in [0.717, 1.165) is 34.1 Å². The average Bonchev–Trinajstić information content (AvgIpc) is 3.05. The lowest BCUT2D eigenvalue weighted by atomic mass is 10.1. The van der Waals surface area contributed by atoms with Crippen molar-refractivity contribution in [3.8, 4) is 17.1 Å². The summed E-state index contributed by atoms with van der Waals surface area (Å²) in [5.74, 6) is -0.104. The van der Waals surface area contributed by atoms with Gasteiger partial charge in [0.05, 0.1) is 17.4 Å². The minimum Gasteiger partial charge on any atom is -0.264 e. The van der Waals surface area contributed by atoms with Gasteiger partial charge in [0, 0.05) is 29.5 Å². The molecule has 4 rings (SSSR count). The summed E-state index contributed by atoms with van der Waals surface area (Å²) in [6.07, 6.45) is 8.00. The van der Waals surface area contributed by atoms with E-state index in [9.17, 15) is 4.39 Å². The Labute approximate surface area is 137 Å². The predicted molar refractivity (Wildman–Crippen MR) is 89.2 cm³/mol. The molecule has 0 atom stereocenters. The summed E-state index contributed by atoms with van der Waals surface area (Å²) in [7, 11) is 0. The lowest BCUT2D eigenvalue weighted by molar-refractivity contribution is 0.578. The van der Waals surface area contributed by atoms with Gasteiger partial charge < -0.3 is 0 Å². The molecule has 0 bridgehead atoms. The van der Waals surface area contributed by atoms with Crippen molar-refractivity contribution in [1.82, 2.24) is 24.7 Å². The SMILES string of the molecule is CCc1cncc(-c2cc3c(cn2)cnn3-c2cccc(F)n2)c1. The molecule has 0 unspecified atom stereocenters. The molecule has 0 aliphatic heterocycles. The number of nitrogens with zero attached hydrogens (tertiary/aromatic N) is 5. The van der Waals surface area contributed by atoms with Crippen LogP contribution in [0.2, 0.25) is 0 Å². The summed E-state index contributed by atoms with van der Waals surface area (Å²) in [5.41, 5.74) is 3.70. The number of pyridine rings is 3. The molecule has 0 N–H and O–H groups in total. The van der Waals surface area contributed by atoms with Gasteiger partial charge in [0.2, 0.25) is 5.95 Å². The van der Waals surface area contributed by atoms with Crippen LogP contribution in [-0.4, -0.2) is 24.7 Å². The highest BCUT2D eigenvalue weighted by Gasteiger charge is 2.10. The van der Waals surface area contributed by atoms with Gasteiger partial charge in [-0.25, -0.2) is 9.67 Å². The number of aromatic nitrogens is 5. The van der Waals surface area contributed by atoms with E-state index in [2.05, 4.69) is 33.0 Å². The molecule has 0 fully saturated rings. The van der Waals surface area contributed by atoms with E-state index in [4.69, 9.17) is 0 Å². The number of fused-ring (bicyclic) bond motifs is 1. The number of rotatable bonds is 3. The highest BCUT2D eigenvalue weighted by Crippen LogP contribution is 2.23. The average molecular weight is 319 g/mol. The van der Waals surface area contributed by atoms with E-state index in [0.29, 0.717) is 5.82 Å². The van der Waals surface area contributed by atoms with Gasteiger partial charge in [-0.1, -0.05) is 13.0 Å². The highest BCUT2D eigenvalue weighted by molar-refractivity contribution is 5.83. The fourth-order valence-corrected chi connectivity index (χ4v) is 2.60. The minimum absolute atomic E-state index is 0.433. The molecule has 0 aromatic carbocycles. The molecule has 5 nitrogen and oxygen atoms in total. The van der Waals surface area contributed by atoms with Crippen molar-refractivity contribution in [3.63, 3.8) is 0 Å². The van der Waals surface area contributed by atoms with Crippen LogP contribution in [0.1, 0.15) is 12.5 Å². The van der Waals surface area contributed by atoms with Gasteiger partial charge >= 0.3 is 0 Å². The first-order valence-electron chi connectivity index (χ1n) is 7.65. The quantitative estimate of drug-likeness (QED) is 0.542. The molecule has 4 heterocycles. The van der Waals surface area contributed by atoms with Crippen LogP contribution in [0.15, 0.2) is 55.1 Å². The molecule has 0 amide bonds. The van der Waals surface area contributed by atoms with Crippen molar-refractivity contribution >= 4 is 10.9 Å². The highest BCUT2D eigenvalue weighted by atomic mass is 19.1. The Morgan fingerprint density at radius 2 is 2.00 bits per heavy atom. The van der Waals surface area contributed by atoms with Crippen LogP contribution in [0.5, 0.6) is 0 Å². The van der Waals surface area contributed by atoms with Gasteiger partial charge in [-0.15, -0.1) is 0 Å². The minimum atomic E-state index is -0.537. The fourth-order valence-electron chi connectivity index (χ4n) is 2.60. The number of hydrogen-bond acceptors (Lipinski definition) is 4. The normalized spacial score (nSPS) is 11.1. The summed E-state index contributed by atoms with van der Waals surface area (Å²) in [6.45, 7) is 2.09. The summed E-state index contributed by atoms with van der Waals surface area (Å²) in [5, 5.41) is 5.17. The van der Waals surface area contributed by atoms with Crippen molar-refractivity contribution in [1.29, 1.82) is 0 Å². The van der Waals surface area contributed by atoms with Crippen LogP contribution in [0.3, 0.4) is 0 Å². The summed E-state index contributed by atoms with van der Waals surface area (Å²) in [6, 6.07) is 8.63. The molecule has 0 saturated carbocycles. The maximum Gasteiger partial charge on any atom is 0.214 e. The predicted octanol–water partition coefficient (Wildman–Crippen LogP) is 3.58. The topological polar surface area (TPSA) is 56.5 Å². The molecular weight excluding hydrogens is 305 g/mol. The van der Waals surface area contributed by atoms with Gasteiger partial charge in [-0.3, -0.25) is 9.97 Å². The molecule has 0 aliphatic rings. The van der Waals surface area contributed by atoms with Crippen LogP contribution in [-0.2, 0) is 6.42 Å². The maximum atomic E-state index is 13.4. The molecule has 0 saturated heterocycles. The van der Waals surface area contributed by atoms with Crippen molar-refractivity contribution in [2.45, 2.75) is 13.3 Å². The molecule has 118 valence electrons. The van der Waals surface area contributed by atoms with Crippen molar-refractivity contribution in [2.24, 2.45) is 0 Å². The Morgan fingerprint density at radius 1 is 1.08 bits per heavy atom. The van der Waals surface area contributed by atoms with Gasteiger partial charge in [0.15, 0.2) is 5.82 Å². The van der Waals surface area contributed by atoms with Crippen LogP contribution < -0.4 is 0 Å². The zero-order chi connectivity index (χ0) is 16.5. The molecular formula is C18H14FN5. The third-order valence-corrected chi connectivity index (χ3v) is 3.87. The lowest BCUT2D eigenvalue weighted by Crippen LogP contribution is -2.00. The molecule has 0 radical (unpaired) electrons. The van der Waals surface area contributed by atoms with Gasteiger partial charge in [-0.05, 0) is 36.2 Å². The summed E-state index contributed by atoms with van der Waals surface area (Å²) in [4.78, 5) is 12.7. The van der Waals surface area contributed by atoms with Gasteiger partial charge in [0.25, 0.3) is 0 Å². The Morgan fingerprint density at radius 3 is 2.83 bits per heavy atom. The van der Waals surface area contributed by atoms with Gasteiger partial charge in [0.1, 0.15) is 0 Å². The van der Waals surface area contributed by atoms with Crippen molar-refractivity contribution < 1.29 is 4.39 Å². The van der Waals surface area contributed by atoms with Crippen molar-refractivity contribution in [3.05, 3.63) is 66.6 Å². The standard InChI is InChI=1S/C18H14FN5/c1-2-12-6-13(9-20-8-12)15-7-16-14(10-21-15)11-22-24(16)18-5-3-4-17(19)23-18/h3-11H,2H2,1H3. The van der Waals surface area contributed by atoms with Crippen LogP contribution >= 0.6 is 0 Å². The van der Waals surface area contributed by atoms with Crippen LogP contribution in [0, 0.1) is 5.95 Å². The second kappa shape index (κ2) is 5.81. The second-order valence-electron chi connectivity index (χ2n) is 5.44. The molecule has 4 aromatic heterocycles. The Kier molecular flexibility index (Phi) is 3.49. The van der Waals surface area contributed by atoms with E-state index in [1.807, 2.05) is 12.3 Å². The maximum absolute atomic E-state index is 13.4. The Bertz CT molecular complexity index is 1020.